The lowest BCUT2D eigenvalue weighted by Crippen LogP contribution is -2.38. The van der Waals surface area contributed by atoms with Gasteiger partial charge in [0, 0.05) is 13.0 Å². The normalized spacial score (nSPS) is 19.6. The average molecular weight is 222 g/mol. The molecular weight excluding hydrogens is 204 g/mol. The summed E-state index contributed by atoms with van der Waals surface area (Å²) in [5.74, 6) is 2.64. The summed E-state index contributed by atoms with van der Waals surface area (Å²) in [5, 5.41) is 2.56. The molecule has 0 aromatic carbocycles. The minimum atomic E-state index is -0.177. The maximum atomic E-state index is 11.6. The number of terminal acetylenes is 1. The van der Waals surface area contributed by atoms with Crippen molar-refractivity contribution in [3.63, 3.8) is 0 Å². The number of rotatable bonds is 5. The fourth-order valence-corrected chi connectivity index (χ4v) is 1.99. The molecule has 1 aliphatic rings. The monoisotopic (exact) mass is 222 g/mol. The van der Waals surface area contributed by atoms with E-state index >= 15 is 0 Å². The highest BCUT2D eigenvalue weighted by Crippen LogP contribution is 2.21. The van der Waals surface area contributed by atoms with Crippen LogP contribution in [0.25, 0.3) is 0 Å². The summed E-state index contributed by atoms with van der Waals surface area (Å²) < 4.78 is 0. The molecule has 2 amide bonds. The van der Waals surface area contributed by atoms with E-state index in [-0.39, 0.29) is 24.9 Å². The van der Waals surface area contributed by atoms with Gasteiger partial charge in [-0.25, -0.2) is 0 Å². The predicted molar refractivity (Wildman–Crippen MR) is 61.4 cm³/mol. The second-order valence-electron chi connectivity index (χ2n) is 4.11. The number of carbonyl (C=O) groups is 2. The van der Waals surface area contributed by atoms with Gasteiger partial charge in [0.05, 0.1) is 13.1 Å². The van der Waals surface area contributed by atoms with E-state index in [0.717, 1.165) is 12.8 Å². The number of amides is 2. The summed E-state index contributed by atoms with van der Waals surface area (Å²) in [7, 11) is 0. The first kappa shape index (κ1) is 12.6. The first-order chi connectivity index (χ1) is 7.67. The molecule has 0 aromatic heterocycles. The third kappa shape index (κ3) is 3.58. The van der Waals surface area contributed by atoms with Crippen molar-refractivity contribution in [2.24, 2.45) is 5.92 Å². The van der Waals surface area contributed by atoms with E-state index in [1.54, 1.807) is 4.90 Å². The van der Waals surface area contributed by atoms with Crippen LogP contribution in [0.2, 0.25) is 0 Å². The standard InChI is InChI=1S/C12H18N2O2/c1-3-5-10-7-12(16)14(8-10)9-11(15)13-6-4-2/h2,10H,3,5-9H2,1H3,(H,13,15). The molecule has 0 aliphatic carbocycles. The van der Waals surface area contributed by atoms with Crippen LogP contribution in [0.1, 0.15) is 26.2 Å². The summed E-state index contributed by atoms with van der Waals surface area (Å²) in [5.41, 5.74) is 0. The Balaban J connectivity index is 2.35. The molecule has 1 rings (SSSR count). The van der Waals surface area contributed by atoms with Crippen molar-refractivity contribution in [1.82, 2.24) is 10.2 Å². The molecule has 0 spiro atoms. The van der Waals surface area contributed by atoms with E-state index in [9.17, 15) is 9.59 Å². The topological polar surface area (TPSA) is 49.4 Å². The highest BCUT2D eigenvalue weighted by molar-refractivity contribution is 5.86. The number of carbonyl (C=O) groups excluding carboxylic acids is 2. The SMILES string of the molecule is C#CCNC(=O)CN1CC(CCC)CC1=O. The van der Waals surface area contributed by atoms with Crippen molar-refractivity contribution in [3.05, 3.63) is 0 Å². The second-order valence-corrected chi connectivity index (χ2v) is 4.11. The zero-order chi connectivity index (χ0) is 12.0. The van der Waals surface area contributed by atoms with Crippen molar-refractivity contribution in [2.45, 2.75) is 26.2 Å². The molecule has 4 heteroatoms. The van der Waals surface area contributed by atoms with Gasteiger partial charge in [0.2, 0.25) is 11.8 Å². The number of hydrogen-bond donors (Lipinski definition) is 1. The second kappa shape index (κ2) is 6.16. The van der Waals surface area contributed by atoms with Crippen molar-refractivity contribution in [2.75, 3.05) is 19.6 Å². The van der Waals surface area contributed by atoms with Gasteiger partial charge in [-0.3, -0.25) is 9.59 Å². The minimum Gasteiger partial charge on any atom is -0.344 e. The Hall–Kier alpha value is -1.50. The molecule has 0 radical (unpaired) electrons. The summed E-state index contributed by atoms with van der Waals surface area (Å²) in [6.45, 7) is 3.17. The van der Waals surface area contributed by atoms with Crippen molar-refractivity contribution >= 4 is 11.8 Å². The Morgan fingerprint density at radius 3 is 3.06 bits per heavy atom. The third-order valence-electron chi connectivity index (χ3n) is 2.71. The molecule has 0 aromatic rings. The molecule has 16 heavy (non-hydrogen) atoms. The molecule has 0 bridgehead atoms. The molecule has 1 fully saturated rings. The highest BCUT2D eigenvalue weighted by atomic mass is 16.2. The molecule has 1 aliphatic heterocycles. The van der Waals surface area contributed by atoms with E-state index in [4.69, 9.17) is 6.42 Å². The molecule has 1 unspecified atom stereocenters. The third-order valence-corrected chi connectivity index (χ3v) is 2.71. The Labute approximate surface area is 96.4 Å². The van der Waals surface area contributed by atoms with Crippen molar-refractivity contribution in [3.8, 4) is 12.3 Å². The number of nitrogens with one attached hydrogen (secondary N) is 1. The lowest BCUT2D eigenvalue weighted by Gasteiger charge is -2.15. The van der Waals surface area contributed by atoms with Crippen LogP contribution in [-0.2, 0) is 9.59 Å². The van der Waals surface area contributed by atoms with Crippen LogP contribution < -0.4 is 5.32 Å². The Morgan fingerprint density at radius 1 is 1.69 bits per heavy atom. The molecule has 1 heterocycles. The first-order valence-electron chi connectivity index (χ1n) is 5.65. The Kier molecular flexibility index (Phi) is 4.84. The van der Waals surface area contributed by atoms with Gasteiger partial charge in [-0.1, -0.05) is 19.3 Å². The highest BCUT2D eigenvalue weighted by Gasteiger charge is 2.29. The molecular formula is C12H18N2O2. The van der Waals surface area contributed by atoms with Gasteiger partial charge in [-0.2, -0.15) is 0 Å². The zero-order valence-electron chi connectivity index (χ0n) is 9.66. The van der Waals surface area contributed by atoms with E-state index in [0.29, 0.717) is 18.9 Å². The summed E-state index contributed by atoms with van der Waals surface area (Å²) in [4.78, 5) is 24.6. The number of likely N-dealkylation sites (tertiary alicyclic amines) is 1. The average Bonchev–Trinajstić information content (AvgIpc) is 2.57. The minimum absolute atomic E-state index is 0.0781. The van der Waals surface area contributed by atoms with Gasteiger partial charge in [0.15, 0.2) is 0 Å². The molecule has 4 nitrogen and oxygen atoms in total. The van der Waals surface area contributed by atoms with Crippen molar-refractivity contribution in [1.29, 1.82) is 0 Å². The lowest BCUT2D eigenvalue weighted by molar-refractivity contribution is -0.132. The maximum Gasteiger partial charge on any atom is 0.240 e. The van der Waals surface area contributed by atoms with Crippen LogP contribution in [0.3, 0.4) is 0 Å². The summed E-state index contributed by atoms with van der Waals surface area (Å²) in [6.07, 6.45) is 7.74. The summed E-state index contributed by atoms with van der Waals surface area (Å²) >= 11 is 0. The van der Waals surface area contributed by atoms with Crippen LogP contribution in [0.4, 0.5) is 0 Å². The molecule has 1 N–H and O–H groups in total. The zero-order valence-corrected chi connectivity index (χ0v) is 9.66. The predicted octanol–water partition coefficient (Wildman–Crippen LogP) is 0.384. The van der Waals surface area contributed by atoms with Crippen molar-refractivity contribution < 1.29 is 9.59 Å². The van der Waals surface area contributed by atoms with Crippen LogP contribution in [0.5, 0.6) is 0 Å². The van der Waals surface area contributed by atoms with E-state index in [1.807, 2.05) is 0 Å². The Bertz CT molecular complexity index is 307. The Morgan fingerprint density at radius 2 is 2.44 bits per heavy atom. The maximum absolute atomic E-state index is 11.6. The van der Waals surface area contributed by atoms with Gasteiger partial charge in [-0.15, -0.1) is 6.42 Å². The van der Waals surface area contributed by atoms with E-state index in [2.05, 4.69) is 18.2 Å². The van der Waals surface area contributed by atoms with Crippen LogP contribution >= 0.6 is 0 Å². The van der Waals surface area contributed by atoms with Crippen LogP contribution in [0, 0.1) is 18.3 Å². The molecule has 1 atom stereocenters. The van der Waals surface area contributed by atoms with E-state index in [1.165, 1.54) is 0 Å². The molecule has 88 valence electrons. The van der Waals surface area contributed by atoms with Gasteiger partial charge in [0.1, 0.15) is 0 Å². The van der Waals surface area contributed by atoms with Gasteiger partial charge in [-0.05, 0) is 12.3 Å². The van der Waals surface area contributed by atoms with Gasteiger partial charge >= 0.3 is 0 Å². The van der Waals surface area contributed by atoms with E-state index < -0.39 is 0 Å². The number of hydrogen-bond acceptors (Lipinski definition) is 2. The van der Waals surface area contributed by atoms with Gasteiger partial charge < -0.3 is 10.2 Å². The molecule has 0 saturated carbocycles. The first-order valence-corrected chi connectivity index (χ1v) is 5.65. The fourth-order valence-electron chi connectivity index (χ4n) is 1.99. The lowest BCUT2D eigenvalue weighted by atomic mass is 10.0. The quantitative estimate of drug-likeness (QED) is 0.684. The summed E-state index contributed by atoms with van der Waals surface area (Å²) in [6, 6.07) is 0. The fraction of sp³-hybridized carbons (Fsp3) is 0.667. The van der Waals surface area contributed by atoms with Crippen LogP contribution in [-0.4, -0.2) is 36.3 Å². The smallest absolute Gasteiger partial charge is 0.240 e. The number of nitrogens with zero attached hydrogens (tertiary/aromatic N) is 1. The van der Waals surface area contributed by atoms with Crippen LogP contribution in [0.15, 0.2) is 0 Å². The van der Waals surface area contributed by atoms with Gasteiger partial charge in [0.25, 0.3) is 0 Å². The largest absolute Gasteiger partial charge is 0.344 e. The molecule has 1 saturated heterocycles.